The van der Waals surface area contributed by atoms with E-state index < -0.39 is 0 Å². The van der Waals surface area contributed by atoms with E-state index in [0.717, 1.165) is 30.3 Å². The molecule has 4 nitrogen and oxygen atoms in total. The molecule has 82 valence electrons. The molecule has 0 radical (unpaired) electrons. The first-order chi connectivity index (χ1) is 7.29. The summed E-state index contributed by atoms with van der Waals surface area (Å²) in [5.41, 5.74) is 2.11. The average molecular weight is 207 g/mol. The Balaban J connectivity index is 1.96. The Morgan fingerprint density at radius 1 is 1.53 bits per heavy atom. The minimum atomic E-state index is 0.513. The molecule has 0 bridgehead atoms. The van der Waals surface area contributed by atoms with Gasteiger partial charge in [-0.25, -0.2) is 9.97 Å². The molecule has 0 unspecified atom stereocenters. The molecule has 1 saturated carbocycles. The molecular formula is C11H17N3O. The van der Waals surface area contributed by atoms with Gasteiger partial charge in [-0.2, -0.15) is 0 Å². The highest BCUT2D eigenvalue weighted by Gasteiger charge is 2.22. The number of hydrogen-bond donors (Lipinski definition) is 1. The Bertz CT molecular complexity index is 337. The van der Waals surface area contributed by atoms with Gasteiger partial charge in [0.15, 0.2) is 0 Å². The van der Waals surface area contributed by atoms with Crippen LogP contribution >= 0.6 is 0 Å². The lowest BCUT2D eigenvalue weighted by atomic mass is 10.2. The molecule has 1 aliphatic carbocycles. The number of aromatic nitrogens is 2. The van der Waals surface area contributed by atoms with Crippen LogP contribution < -0.4 is 10.1 Å². The molecule has 1 heterocycles. The Hall–Kier alpha value is -1.16. The van der Waals surface area contributed by atoms with E-state index in [9.17, 15) is 0 Å². The highest BCUT2D eigenvalue weighted by atomic mass is 16.5. The van der Waals surface area contributed by atoms with Crippen LogP contribution in [0.15, 0.2) is 6.20 Å². The summed E-state index contributed by atoms with van der Waals surface area (Å²) in [6.07, 6.45) is 4.41. The molecule has 1 N–H and O–H groups in total. The second-order valence-corrected chi connectivity index (χ2v) is 4.05. The Morgan fingerprint density at radius 3 is 2.93 bits per heavy atom. The van der Waals surface area contributed by atoms with Gasteiger partial charge in [-0.05, 0) is 32.7 Å². The molecule has 1 aromatic rings. The topological polar surface area (TPSA) is 47.0 Å². The smallest absolute Gasteiger partial charge is 0.316 e. The van der Waals surface area contributed by atoms with Crippen LogP contribution in [-0.4, -0.2) is 23.6 Å². The van der Waals surface area contributed by atoms with Gasteiger partial charge in [-0.15, -0.1) is 0 Å². The van der Waals surface area contributed by atoms with Gasteiger partial charge < -0.3 is 10.1 Å². The third-order valence-electron chi connectivity index (χ3n) is 2.57. The summed E-state index contributed by atoms with van der Waals surface area (Å²) >= 11 is 0. The van der Waals surface area contributed by atoms with Gasteiger partial charge in [0.2, 0.25) is 0 Å². The van der Waals surface area contributed by atoms with Gasteiger partial charge in [0.25, 0.3) is 0 Å². The highest BCUT2D eigenvalue weighted by molar-refractivity contribution is 5.17. The zero-order valence-electron chi connectivity index (χ0n) is 9.29. The third-order valence-corrected chi connectivity index (χ3v) is 2.57. The van der Waals surface area contributed by atoms with Crippen LogP contribution in [0.3, 0.4) is 0 Å². The predicted molar refractivity (Wildman–Crippen MR) is 57.8 cm³/mol. The number of rotatable bonds is 5. The number of hydrogen-bond acceptors (Lipinski definition) is 4. The molecule has 1 fully saturated rings. The fourth-order valence-corrected chi connectivity index (χ4v) is 1.38. The van der Waals surface area contributed by atoms with Crippen LogP contribution in [0.25, 0.3) is 0 Å². The van der Waals surface area contributed by atoms with E-state index >= 15 is 0 Å². The number of nitrogens with zero attached hydrogens (tertiary/aromatic N) is 2. The molecule has 0 spiro atoms. The normalized spacial score (nSPS) is 15.3. The van der Waals surface area contributed by atoms with Crippen molar-refractivity contribution in [3.8, 4) is 6.01 Å². The fourth-order valence-electron chi connectivity index (χ4n) is 1.38. The van der Waals surface area contributed by atoms with Crippen molar-refractivity contribution >= 4 is 0 Å². The Labute approximate surface area is 90.1 Å². The van der Waals surface area contributed by atoms with E-state index in [0.29, 0.717) is 6.01 Å². The van der Waals surface area contributed by atoms with Crippen LogP contribution in [0.5, 0.6) is 6.01 Å². The molecule has 15 heavy (non-hydrogen) atoms. The van der Waals surface area contributed by atoms with E-state index in [1.165, 1.54) is 12.8 Å². The highest BCUT2D eigenvalue weighted by Crippen LogP contribution is 2.28. The molecule has 0 amide bonds. The first-order valence-electron chi connectivity index (χ1n) is 5.39. The maximum Gasteiger partial charge on any atom is 0.316 e. The number of nitrogens with one attached hydrogen (secondary N) is 1. The lowest BCUT2D eigenvalue weighted by molar-refractivity contribution is 0.275. The summed E-state index contributed by atoms with van der Waals surface area (Å²) in [5, 5.41) is 3.08. The number of ether oxygens (including phenoxy) is 1. The first kappa shape index (κ1) is 10.4. The van der Waals surface area contributed by atoms with Crippen molar-refractivity contribution in [2.75, 3.05) is 13.7 Å². The standard InChI is InChI=1S/C11H17N3O/c1-8-10(5-12-2)6-13-11(14-8)15-7-9-3-4-9/h6,9,12H,3-5,7H2,1-2H3. The van der Waals surface area contributed by atoms with Crippen LogP contribution in [0.1, 0.15) is 24.1 Å². The second-order valence-electron chi connectivity index (χ2n) is 4.05. The summed E-state index contributed by atoms with van der Waals surface area (Å²) in [6.45, 7) is 3.55. The molecule has 0 aliphatic heterocycles. The van der Waals surface area contributed by atoms with Crippen molar-refractivity contribution in [2.45, 2.75) is 26.3 Å². The minimum Gasteiger partial charge on any atom is -0.463 e. The van der Waals surface area contributed by atoms with Crippen molar-refractivity contribution in [3.63, 3.8) is 0 Å². The predicted octanol–water partition coefficient (Wildman–Crippen LogP) is 1.29. The van der Waals surface area contributed by atoms with E-state index in [2.05, 4.69) is 15.3 Å². The maximum absolute atomic E-state index is 5.50. The average Bonchev–Trinajstić information content (AvgIpc) is 3.03. The van der Waals surface area contributed by atoms with Crippen LogP contribution in [0.2, 0.25) is 0 Å². The fraction of sp³-hybridized carbons (Fsp3) is 0.636. The molecule has 0 saturated heterocycles. The van der Waals surface area contributed by atoms with Crippen molar-refractivity contribution in [1.82, 2.24) is 15.3 Å². The zero-order valence-corrected chi connectivity index (χ0v) is 9.29. The summed E-state index contributed by atoms with van der Waals surface area (Å²) in [4.78, 5) is 8.50. The lowest BCUT2D eigenvalue weighted by Gasteiger charge is -2.07. The molecule has 1 aliphatic rings. The van der Waals surface area contributed by atoms with Gasteiger partial charge in [-0.3, -0.25) is 0 Å². The summed E-state index contributed by atoms with van der Waals surface area (Å²) in [6, 6.07) is 0.513. The van der Waals surface area contributed by atoms with Crippen molar-refractivity contribution in [1.29, 1.82) is 0 Å². The van der Waals surface area contributed by atoms with Gasteiger partial charge in [-0.1, -0.05) is 0 Å². The van der Waals surface area contributed by atoms with Gasteiger partial charge in [0.05, 0.1) is 6.61 Å². The Kier molecular flexibility index (Phi) is 3.16. The van der Waals surface area contributed by atoms with E-state index in [4.69, 9.17) is 4.74 Å². The summed E-state index contributed by atoms with van der Waals surface area (Å²) in [7, 11) is 1.91. The monoisotopic (exact) mass is 207 g/mol. The summed E-state index contributed by atoms with van der Waals surface area (Å²) in [5.74, 6) is 0.742. The largest absolute Gasteiger partial charge is 0.463 e. The first-order valence-corrected chi connectivity index (χ1v) is 5.39. The molecular weight excluding hydrogens is 190 g/mol. The molecule has 2 rings (SSSR count). The third kappa shape index (κ3) is 2.89. The van der Waals surface area contributed by atoms with Gasteiger partial charge in [0.1, 0.15) is 0 Å². The zero-order chi connectivity index (χ0) is 10.7. The molecule has 4 heteroatoms. The SMILES string of the molecule is CNCc1cnc(OCC2CC2)nc1C. The summed E-state index contributed by atoms with van der Waals surface area (Å²) < 4.78 is 5.50. The van der Waals surface area contributed by atoms with Crippen LogP contribution in [0, 0.1) is 12.8 Å². The van der Waals surface area contributed by atoms with E-state index in [1.807, 2.05) is 20.2 Å². The van der Waals surface area contributed by atoms with Crippen LogP contribution in [-0.2, 0) is 6.54 Å². The minimum absolute atomic E-state index is 0.513. The van der Waals surface area contributed by atoms with Gasteiger partial charge in [0, 0.05) is 24.0 Å². The maximum atomic E-state index is 5.50. The molecule has 0 atom stereocenters. The molecule has 1 aromatic heterocycles. The van der Waals surface area contributed by atoms with Crippen molar-refractivity contribution < 1.29 is 4.74 Å². The van der Waals surface area contributed by atoms with E-state index in [-0.39, 0.29) is 0 Å². The van der Waals surface area contributed by atoms with Gasteiger partial charge >= 0.3 is 6.01 Å². The molecule has 0 aromatic carbocycles. The van der Waals surface area contributed by atoms with Crippen LogP contribution in [0.4, 0.5) is 0 Å². The van der Waals surface area contributed by atoms with Crippen molar-refractivity contribution in [3.05, 3.63) is 17.5 Å². The lowest BCUT2D eigenvalue weighted by Crippen LogP contribution is -2.10. The number of aryl methyl sites for hydroxylation is 1. The Morgan fingerprint density at radius 2 is 2.33 bits per heavy atom. The second kappa shape index (κ2) is 4.57. The van der Waals surface area contributed by atoms with Crippen molar-refractivity contribution in [2.24, 2.45) is 5.92 Å². The van der Waals surface area contributed by atoms with E-state index in [1.54, 1.807) is 0 Å². The quantitative estimate of drug-likeness (QED) is 0.790.